The lowest BCUT2D eigenvalue weighted by Gasteiger charge is -1.98. The quantitative estimate of drug-likeness (QED) is 0.676. The van der Waals surface area contributed by atoms with Gasteiger partial charge in [0.2, 0.25) is 0 Å². The van der Waals surface area contributed by atoms with Gasteiger partial charge in [-0.1, -0.05) is 0 Å². The van der Waals surface area contributed by atoms with Crippen LogP contribution in [0.4, 0.5) is 4.39 Å². The number of nitrogens with zero attached hydrogens (tertiary/aromatic N) is 1. The normalized spacial score (nSPS) is 10.4. The molecule has 4 heteroatoms. The summed E-state index contributed by atoms with van der Waals surface area (Å²) in [6.45, 7) is 0. The number of hydrogen-bond acceptors (Lipinski definition) is 2. The fraction of sp³-hybridized carbons (Fsp3) is 0. The minimum Gasteiger partial charge on any atom is -0.276 e. The molecule has 0 aliphatic heterocycles. The zero-order valence-corrected chi connectivity index (χ0v) is 7.75. The second-order valence-corrected chi connectivity index (χ2v) is 3.18. The molecule has 0 atom stereocenters. The Bertz CT molecular complexity index is 512. The summed E-state index contributed by atoms with van der Waals surface area (Å²) in [6.07, 6.45) is 1.37. The monoisotopic (exact) mass is 209 g/mol. The number of rotatable bonds is 1. The maximum Gasteiger partial charge on any atom is 0.253 e. The Labute approximate surface area is 84.3 Å². The lowest BCUT2D eigenvalue weighted by atomic mass is 10.2. The minimum absolute atomic E-state index is 0.268. The van der Waals surface area contributed by atoms with E-state index in [0.29, 0.717) is 10.9 Å². The summed E-state index contributed by atoms with van der Waals surface area (Å²) < 4.78 is 12.8. The van der Waals surface area contributed by atoms with Gasteiger partial charge in [-0.2, -0.15) is 0 Å². The molecule has 0 amide bonds. The SMILES string of the molecule is O=C(Cl)c1cnc2ccc(F)cc2c1. The summed E-state index contributed by atoms with van der Waals surface area (Å²) in [6, 6.07) is 5.69. The first-order valence-electron chi connectivity index (χ1n) is 3.92. The molecule has 2 rings (SSSR count). The van der Waals surface area contributed by atoms with E-state index in [-0.39, 0.29) is 11.4 Å². The first-order valence-corrected chi connectivity index (χ1v) is 4.30. The number of benzene rings is 1. The molecule has 1 aromatic carbocycles. The third kappa shape index (κ3) is 1.59. The summed E-state index contributed by atoms with van der Waals surface area (Å²) in [7, 11) is 0. The fourth-order valence-electron chi connectivity index (χ4n) is 1.21. The highest BCUT2D eigenvalue weighted by Gasteiger charge is 2.04. The van der Waals surface area contributed by atoms with Crippen LogP contribution in [0.5, 0.6) is 0 Å². The van der Waals surface area contributed by atoms with Crippen LogP contribution in [-0.4, -0.2) is 10.2 Å². The first-order chi connectivity index (χ1) is 6.66. The summed E-state index contributed by atoms with van der Waals surface area (Å²) in [5, 5.41) is -0.0276. The van der Waals surface area contributed by atoms with E-state index >= 15 is 0 Å². The number of pyridine rings is 1. The molecule has 2 aromatic rings. The zero-order valence-electron chi connectivity index (χ0n) is 7.00. The van der Waals surface area contributed by atoms with Crippen LogP contribution >= 0.6 is 11.6 Å². The van der Waals surface area contributed by atoms with Crippen LogP contribution in [0.1, 0.15) is 10.4 Å². The molecule has 0 fully saturated rings. The topological polar surface area (TPSA) is 30.0 Å². The first kappa shape index (κ1) is 9.09. The fourth-order valence-corrected chi connectivity index (χ4v) is 1.31. The third-order valence-electron chi connectivity index (χ3n) is 1.87. The molecule has 0 bridgehead atoms. The summed E-state index contributed by atoms with van der Waals surface area (Å²) >= 11 is 5.27. The van der Waals surface area contributed by atoms with E-state index in [1.54, 1.807) is 6.07 Å². The second-order valence-electron chi connectivity index (χ2n) is 2.83. The van der Waals surface area contributed by atoms with Crippen LogP contribution in [0.25, 0.3) is 10.9 Å². The maximum atomic E-state index is 12.8. The standard InChI is InChI=1S/C10H5ClFNO/c11-10(14)7-3-6-4-8(12)1-2-9(6)13-5-7/h1-5H. The van der Waals surface area contributed by atoms with E-state index in [9.17, 15) is 9.18 Å². The highest BCUT2D eigenvalue weighted by atomic mass is 35.5. The molecule has 1 aromatic heterocycles. The van der Waals surface area contributed by atoms with Gasteiger partial charge in [0.1, 0.15) is 5.82 Å². The smallest absolute Gasteiger partial charge is 0.253 e. The lowest BCUT2D eigenvalue weighted by molar-refractivity contribution is 0.108. The Kier molecular flexibility index (Phi) is 2.17. The van der Waals surface area contributed by atoms with Crippen molar-refractivity contribution in [1.82, 2.24) is 4.98 Å². The summed E-state index contributed by atoms with van der Waals surface area (Å²) in [5.74, 6) is -0.363. The van der Waals surface area contributed by atoms with Crippen LogP contribution in [-0.2, 0) is 0 Å². The molecule has 1 heterocycles. The van der Waals surface area contributed by atoms with Crippen LogP contribution < -0.4 is 0 Å². The Balaban J connectivity index is 2.69. The van der Waals surface area contributed by atoms with E-state index in [0.717, 1.165) is 0 Å². The molecule has 0 radical (unpaired) electrons. The molecule has 2 nitrogen and oxygen atoms in total. The molecule has 14 heavy (non-hydrogen) atoms. The number of carbonyl (C=O) groups excluding carboxylic acids is 1. The molecular formula is C10H5ClFNO. The van der Waals surface area contributed by atoms with Crippen molar-refractivity contribution >= 4 is 27.7 Å². The van der Waals surface area contributed by atoms with Crippen molar-refractivity contribution < 1.29 is 9.18 Å². The Hall–Kier alpha value is -1.48. The number of carbonyl (C=O) groups is 1. The average Bonchev–Trinajstić information content (AvgIpc) is 2.16. The highest BCUT2D eigenvalue weighted by Crippen LogP contribution is 2.15. The molecule has 70 valence electrons. The molecule has 0 aliphatic carbocycles. The predicted molar refractivity (Wildman–Crippen MR) is 51.9 cm³/mol. The van der Waals surface area contributed by atoms with Crippen LogP contribution in [0.3, 0.4) is 0 Å². The van der Waals surface area contributed by atoms with E-state index < -0.39 is 5.24 Å². The van der Waals surface area contributed by atoms with Gasteiger partial charge in [-0.3, -0.25) is 9.78 Å². The van der Waals surface area contributed by atoms with E-state index in [1.807, 2.05) is 0 Å². The second kappa shape index (κ2) is 3.35. The van der Waals surface area contributed by atoms with E-state index in [1.165, 1.54) is 24.4 Å². The van der Waals surface area contributed by atoms with Gasteiger partial charge >= 0.3 is 0 Å². The van der Waals surface area contributed by atoms with E-state index in [4.69, 9.17) is 11.6 Å². The summed E-state index contributed by atoms with van der Waals surface area (Å²) in [5.41, 5.74) is 0.901. The average molecular weight is 210 g/mol. The number of hydrogen-bond donors (Lipinski definition) is 0. The molecule has 0 saturated carbocycles. The molecule has 0 aliphatic rings. The van der Waals surface area contributed by atoms with Gasteiger partial charge < -0.3 is 0 Å². The van der Waals surface area contributed by atoms with Crippen molar-refractivity contribution in [3.8, 4) is 0 Å². The molecule has 0 saturated heterocycles. The Morgan fingerprint density at radius 2 is 2.14 bits per heavy atom. The van der Waals surface area contributed by atoms with Crippen LogP contribution in [0, 0.1) is 5.82 Å². The van der Waals surface area contributed by atoms with Crippen molar-refractivity contribution in [3.05, 3.63) is 41.8 Å². The summed E-state index contributed by atoms with van der Waals surface area (Å²) in [4.78, 5) is 14.8. The lowest BCUT2D eigenvalue weighted by Crippen LogP contribution is -1.90. The Morgan fingerprint density at radius 3 is 2.86 bits per heavy atom. The molecule has 0 N–H and O–H groups in total. The van der Waals surface area contributed by atoms with Crippen molar-refractivity contribution in [2.45, 2.75) is 0 Å². The van der Waals surface area contributed by atoms with Gasteiger partial charge in [-0.05, 0) is 35.9 Å². The number of halogens is 2. The third-order valence-corrected chi connectivity index (χ3v) is 2.09. The van der Waals surface area contributed by atoms with Gasteiger partial charge in [-0.25, -0.2) is 4.39 Å². The van der Waals surface area contributed by atoms with Gasteiger partial charge in [0.15, 0.2) is 0 Å². The van der Waals surface area contributed by atoms with Crippen molar-refractivity contribution in [2.24, 2.45) is 0 Å². The van der Waals surface area contributed by atoms with Gasteiger partial charge in [0, 0.05) is 11.6 Å². The van der Waals surface area contributed by atoms with Gasteiger partial charge in [0.25, 0.3) is 5.24 Å². The predicted octanol–water partition coefficient (Wildman–Crippen LogP) is 2.75. The van der Waals surface area contributed by atoms with Crippen molar-refractivity contribution in [3.63, 3.8) is 0 Å². The maximum absolute atomic E-state index is 12.8. The molecule has 0 unspecified atom stereocenters. The number of aromatic nitrogens is 1. The zero-order chi connectivity index (χ0) is 10.1. The highest BCUT2D eigenvalue weighted by molar-refractivity contribution is 6.67. The van der Waals surface area contributed by atoms with Crippen molar-refractivity contribution in [2.75, 3.05) is 0 Å². The minimum atomic E-state index is -0.594. The molecule has 0 spiro atoms. The Morgan fingerprint density at radius 1 is 1.36 bits per heavy atom. The van der Waals surface area contributed by atoms with Gasteiger partial charge in [0.05, 0.1) is 11.1 Å². The van der Waals surface area contributed by atoms with Crippen LogP contribution in [0.15, 0.2) is 30.5 Å². The largest absolute Gasteiger partial charge is 0.276 e. The molecular weight excluding hydrogens is 205 g/mol. The number of fused-ring (bicyclic) bond motifs is 1. The van der Waals surface area contributed by atoms with Crippen molar-refractivity contribution in [1.29, 1.82) is 0 Å². The van der Waals surface area contributed by atoms with E-state index in [2.05, 4.69) is 4.98 Å². The van der Waals surface area contributed by atoms with Gasteiger partial charge in [-0.15, -0.1) is 0 Å². The van der Waals surface area contributed by atoms with Crippen LogP contribution in [0.2, 0.25) is 0 Å².